The summed E-state index contributed by atoms with van der Waals surface area (Å²) in [7, 11) is 0. The minimum absolute atomic E-state index is 0.268. The van der Waals surface area contributed by atoms with Crippen molar-refractivity contribution in [3.8, 4) is 0 Å². The molecule has 0 aromatic rings. The van der Waals surface area contributed by atoms with Crippen LogP contribution in [0.15, 0.2) is 22.8 Å². The number of hydrogen-bond acceptors (Lipinski definition) is 2. The van der Waals surface area contributed by atoms with Gasteiger partial charge >= 0.3 is 0 Å². The Morgan fingerprint density at radius 2 is 1.95 bits per heavy atom. The highest BCUT2D eigenvalue weighted by atomic mass is 16.1. The summed E-state index contributed by atoms with van der Waals surface area (Å²) in [5, 5.41) is 0. The van der Waals surface area contributed by atoms with Crippen molar-refractivity contribution in [1.82, 2.24) is 0 Å². The molecule has 22 heavy (non-hydrogen) atoms. The van der Waals surface area contributed by atoms with Crippen LogP contribution in [0.25, 0.3) is 0 Å². The lowest BCUT2D eigenvalue weighted by atomic mass is 9.54. The Hall–Kier alpha value is -1.18. The second-order valence-corrected chi connectivity index (χ2v) is 8.08. The zero-order chi connectivity index (χ0) is 15.3. The average molecular weight is 298 g/mol. The number of hydrogen-bond donors (Lipinski definition) is 0. The molecule has 4 aliphatic rings. The minimum Gasteiger partial charge on any atom is -0.299 e. The van der Waals surface area contributed by atoms with Gasteiger partial charge < -0.3 is 0 Å². The maximum absolute atomic E-state index is 11.8. The van der Waals surface area contributed by atoms with E-state index in [0.29, 0.717) is 5.78 Å². The highest BCUT2D eigenvalue weighted by molar-refractivity contribution is 5.82. The molecule has 0 saturated heterocycles. The van der Waals surface area contributed by atoms with Crippen LogP contribution in [-0.2, 0) is 9.59 Å². The zero-order valence-electron chi connectivity index (χ0n) is 13.6. The molecule has 0 aromatic carbocycles. The molecular weight excluding hydrogens is 272 g/mol. The van der Waals surface area contributed by atoms with E-state index in [4.69, 9.17) is 0 Å². The average Bonchev–Trinajstić information content (AvgIpc) is 2.84. The Balaban J connectivity index is 1.65. The molecule has 0 unspecified atom stereocenters. The van der Waals surface area contributed by atoms with Crippen molar-refractivity contribution in [3.05, 3.63) is 22.8 Å². The largest absolute Gasteiger partial charge is 0.299 e. The van der Waals surface area contributed by atoms with Gasteiger partial charge in [-0.3, -0.25) is 9.59 Å². The molecule has 0 radical (unpaired) electrons. The standard InChI is InChI=1S/C20H26O2/c1-20-10-8-17-16-6-4-15(22)12-13(16)2-5-18(17)19(20)7-3-14(20)9-11-21/h9,11,17-19H,2-8,10,12H2,1H3/b14-9-/t17-,18-,19+,20-/m1/s1. The van der Waals surface area contributed by atoms with Gasteiger partial charge in [-0.25, -0.2) is 0 Å². The fraction of sp³-hybridized carbons (Fsp3) is 0.700. The molecule has 0 spiro atoms. The molecule has 2 fully saturated rings. The molecule has 4 aliphatic carbocycles. The topological polar surface area (TPSA) is 34.1 Å². The highest BCUT2D eigenvalue weighted by Gasteiger charge is 2.52. The summed E-state index contributed by atoms with van der Waals surface area (Å²) in [6.45, 7) is 2.41. The Morgan fingerprint density at radius 3 is 2.77 bits per heavy atom. The fourth-order valence-electron chi connectivity index (χ4n) is 6.25. The van der Waals surface area contributed by atoms with E-state index in [1.54, 1.807) is 5.57 Å². The lowest BCUT2D eigenvalue weighted by Crippen LogP contribution is -2.42. The monoisotopic (exact) mass is 298 g/mol. The van der Waals surface area contributed by atoms with Crippen LogP contribution in [0.4, 0.5) is 0 Å². The summed E-state index contributed by atoms with van der Waals surface area (Å²) < 4.78 is 0. The number of rotatable bonds is 1. The Morgan fingerprint density at radius 1 is 1.09 bits per heavy atom. The summed E-state index contributed by atoms with van der Waals surface area (Å²) in [4.78, 5) is 22.7. The quantitative estimate of drug-likeness (QED) is 0.408. The number of aldehydes is 1. The first kappa shape index (κ1) is 14.4. The van der Waals surface area contributed by atoms with Crippen LogP contribution in [-0.4, -0.2) is 12.1 Å². The zero-order valence-corrected chi connectivity index (χ0v) is 13.6. The summed E-state index contributed by atoms with van der Waals surface area (Å²) >= 11 is 0. The predicted molar refractivity (Wildman–Crippen MR) is 86.3 cm³/mol. The maximum atomic E-state index is 11.8. The smallest absolute Gasteiger partial charge is 0.142 e. The summed E-state index contributed by atoms with van der Waals surface area (Å²) in [5.74, 6) is 2.74. The van der Waals surface area contributed by atoms with E-state index in [-0.39, 0.29) is 5.41 Å². The molecule has 2 saturated carbocycles. The van der Waals surface area contributed by atoms with Gasteiger partial charge in [0.2, 0.25) is 0 Å². The molecule has 0 aliphatic heterocycles. The normalized spacial score (nSPS) is 42.9. The van der Waals surface area contributed by atoms with Crippen LogP contribution in [0, 0.1) is 23.2 Å². The number of ketones is 1. The van der Waals surface area contributed by atoms with Crippen molar-refractivity contribution < 1.29 is 9.59 Å². The highest BCUT2D eigenvalue weighted by Crippen LogP contribution is 2.62. The summed E-state index contributed by atoms with van der Waals surface area (Å²) in [5.41, 5.74) is 4.85. The Labute approximate surface area is 133 Å². The van der Waals surface area contributed by atoms with Crippen LogP contribution in [0.5, 0.6) is 0 Å². The first-order valence-electron chi connectivity index (χ1n) is 9.01. The molecule has 118 valence electrons. The number of allylic oxidation sites excluding steroid dienone is 4. The lowest BCUT2D eigenvalue weighted by Gasteiger charge is -2.51. The summed E-state index contributed by atoms with van der Waals surface area (Å²) in [6.07, 6.45) is 12.7. The molecule has 2 nitrogen and oxygen atoms in total. The van der Waals surface area contributed by atoms with Crippen LogP contribution in [0.3, 0.4) is 0 Å². The molecule has 0 aromatic heterocycles. The van der Waals surface area contributed by atoms with Crippen molar-refractivity contribution in [2.24, 2.45) is 23.2 Å². The van der Waals surface area contributed by atoms with E-state index in [9.17, 15) is 9.59 Å². The number of fused-ring (bicyclic) bond motifs is 4. The van der Waals surface area contributed by atoms with E-state index in [2.05, 4.69) is 6.92 Å². The van der Waals surface area contributed by atoms with E-state index in [0.717, 1.165) is 56.1 Å². The Bertz CT molecular complexity index is 583. The molecule has 0 heterocycles. The van der Waals surface area contributed by atoms with Gasteiger partial charge in [-0.2, -0.15) is 0 Å². The third kappa shape index (κ3) is 1.99. The van der Waals surface area contributed by atoms with Crippen LogP contribution in [0.2, 0.25) is 0 Å². The van der Waals surface area contributed by atoms with Crippen molar-refractivity contribution in [1.29, 1.82) is 0 Å². The van der Waals surface area contributed by atoms with E-state index in [1.807, 2.05) is 6.08 Å². The SMILES string of the molecule is C[C@]12CC[C@@H]3C4=C(CC[C@H]3[C@@H]1CC/C2=C/C=O)CC(=O)CC4. The molecule has 0 N–H and O–H groups in total. The van der Waals surface area contributed by atoms with Gasteiger partial charge in [0.05, 0.1) is 0 Å². The van der Waals surface area contributed by atoms with E-state index < -0.39 is 0 Å². The van der Waals surface area contributed by atoms with Crippen molar-refractivity contribution in [2.75, 3.05) is 0 Å². The number of carbonyl (C=O) groups excluding carboxylic acids is 2. The van der Waals surface area contributed by atoms with Crippen LogP contribution in [0.1, 0.15) is 64.7 Å². The van der Waals surface area contributed by atoms with Gasteiger partial charge in [-0.05, 0) is 74.2 Å². The second kappa shape index (κ2) is 5.18. The molecule has 4 atom stereocenters. The molecule has 4 rings (SSSR count). The van der Waals surface area contributed by atoms with Gasteiger partial charge in [-0.1, -0.05) is 23.6 Å². The molecular formula is C20H26O2. The number of Topliss-reactive ketones (excluding diaryl/α,β-unsaturated/α-hetero) is 1. The summed E-state index contributed by atoms with van der Waals surface area (Å²) in [6, 6.07) is 0. The number of carbonyl (C=O) groups is 2. The fourth-order valence-corrected chi connectivity index (χ4v) is 6.25. The first-order valence-corrected chi connectivity index (χ1v) is 9.01. The van der Waals surface area contributed by atoms with Gasteiger partial charge in [0, 0.05) is 12.8 Å². The van der Waals surface area contributed by atoms with Gasteiger partial charge in [0.1, 0.15) is 12.1 Å². The first-order chi connectivity index (χ1) is 10.6. The van der Waals surface area contributed by atoms with E-state index in [1.165, 1.54) is 36.8 Å². The van der Waals surface area contributed by atoms with Gasteiger partial charge in [0.25, 0.3) is 0 Å². The molecule has 2 heteroatoms. The van der Waals surface area contributed by atoms with Crippen LogP contribution >= 0.6 is 0 Å². The second-order valence-electron chi connectivity index (χ2n) is 8.08. The van der Waals surface area contributed by atoms with Crippen molar-refractivity contribution in [3.63, 3.8) is 0 Å². The molecule has 0 bridgehead atoms. The maximum Gasteiger partial charge on any atom is 0.142 e. The van der Waals surface area contributed by atoms with Gasteiger partial charge in [0.15, 0.2) is 0 Å². The molecule has 0 amide bonds. The van der Waals surface area contributed by atoms with Crippen molar-refractivity contribution >= 4 is 12.1 Å². The predicted octanol–water partition coefficient (Wildman–Crippen LogP) is 4.40. The minimum atomic E-state index is 0.268. The Kier molecular flexibility index (Phi) is 3.39. The lowest BCUT2D eigenvalue weighted by molar-refractivity contribution is -0.119. The van der Waals surface area contributed by atoms with Gasteiger partial charge in [-0.15, -0.1) is 0 Å². The van der Waals surface area contributed by atoms with Crippen molar-refractivity contribution in [2.45, 2.75) is 64.7 Å². The van der Waals surface area contributed by atoms with Crippen LogP contribution < -0.4 is 0 Å². The van der Waals surface area contributed by atoms with E-state index >= 15 is 0 Å². The third-order valence-electron chi connectivity index (χ3n) is 7.32. The third-order valence-corrected chi connectivity index (χ3v) is 7.32.